The Morgan fingerprint density at radius 3 is 3.24 bits per heavy atom. The van der Waals surface area contributed by atoms with Crippen LogP contribution in [0.5, 0.6) is 0 Å². The largest absolute Gasteiger partial charge is 0.466 e. The van der Waals surface area contributed by atoms with Gasteiger partial charge in [0.15, 0.2) is 5.65 Å². The lowest BCUT2D eigenvalue weighted by atomic mass is 10.1. The maximum atomic E-state index is 11.2. The van der Waals surface area contributed by atoms with Crippen LogP contribution < -0.4 is 0 Å². The summed E-state index contributed by atoms with van der Waals surface area (Å²) >= 11 is 0. The van der Waals surface area contributed by atoms with E-state index in [1.54, 1.807) is 6.20 Å². The Balaban J connectivity index is 1.93. The van der Waals surface area contributed by atoms with Crippen molar-refractivity contribution in [3.63, 3.8) is 0 Å². The molecule has 0 fully saturated rings. The molecule has 0 aliphatic heterocycles. The summed E-state index contributed by atoms with van der Waals surface area (Å²) in [6.07, 6.45) is 3.66. The average molecular weight is 233 g/mol. The van der Waals surface area contributed by atoms with Gasteiger partial charge in [-0.3, -0.25) is 9.89 Å². The van der Waals surface area contributed by atoms with Crippen molar-refractivity contribution in [2.24, 2.45) is 0 Å². The Morgan fingerprint density at radius 1 is 1.53 bits per heavy atom. The van der Waals surface area contributed by atoms with Crippen molar-refractivity contribution < 1.29 is 9.53 Å². The first-order valence-electron chi connectivity index (χ1n) is 5.75. The Labute approximate surface area is 99.2 Å². The number of rotatable bonds is 5. The predicted molar refractivity (Wildman–Crippen MR) is 63.5 cm³/mol. The lowest BCUT2D eigenvalue weighted by Gasteiger charge is -2.00. The van der Waals surface area contributed by atoms with Crippen LogP contribution in [0.2, 0.25) is 0 Å². The summed E-state index contributed by atoms with van der Waals surface area (Å²) in [5, 5.41) is 8.10. The number of hydrogen-bond donors (Lipinski definition) is 1. The number of ether oxygens (including phenoxy) is 1. The van der Waals surface area contributed by atoms with E-state index in [-0.39, 0.29) is 5.97 Å². The molecule has 90 valence electrons. The van der Waals surface area contributed by atoms with Gasteiger partial charge in [0.25, 0.3) is 0 Å². The highest BCUT2D eigenvalue weighted by atomic mass is 16.5. The quantitative estimate of drug-likeness (QED) is 0.800. The van der Waals surface area contributed by atoms with Gasteiger partial charge in [-0.1, -0.05) is 0 Å². The Bertz CT molecular complexity index is 507. The number of carbonyl (C=O) groups excluding carboxylic acids is 1. The molecule has 5 nitrogen and oxygen atoms in total. The number of pyridine rings is 1. The molecule has 0 saturated heterocycles. The highest BCUT2D eigenvalue weighted by Crippen LogP contribution is 2.14. The zero-order valence-corrected chi connectivity index (χ0v) is 9.77. The number of esters is 1. The normalized spacial score (nSPS) is 10.6. The van der Waals surface area contributed by atoms with Gasteiger partial charge in [-0.15, -0.1) is 0 Å². The number of aromatic amines is 1. The fourth-order valence-corrected chi connectivity index (χ4v) is 1.73. The van der Waals surface area contributed by atoms with Crippen molar-refractivity contribution >= 4 is 17.0 Å². The lowest BCUT2D eigenvalue weighted by Crippen LogP contribution is -2.04. The smallest absolute Gasteiger partial charge is 0.305 e. The standard InChI is InChI=1S/C12H15N3O2/c1-2-17-11(16)7-3-6-10-9-5-4-8-13-12(9)15-14-10/h4-5,8H,2-3,6-7H2,1H3,(H,13,14,15). The van der Waals surface area contributed by atoms with Crippen LogP contribution in [0.15, 0.2) is 18.3 Å². The Hall–Kier alpha value is -1.91. The van der Waals surface area contributed by atoms with Gasteiger partial charge >= 0.3 is 5.97 Å². The Kier molecular flexibility index (Phi) is 3.69. The van der Waals surface area contributed by atoms with Crippen molar-refractivity contribution in [1.82, 2.24) is 15.2 Å². The van der Waals surface area contributed by atoms with Crippen molar-refractivity contribution in [2.45, 2.75) is 26.2 Å². The molecule has 0 aliphatic rings. The summed E-state index contributed by atoms with van der Waals surface area (Å²) in [7, 11) is 0. The number of fused-ring (bicyclic) bond motifs is 1. The van der Waals surface area contributed by atoms with Crippen LogP contribution in [0.3, 0.4) is 0 Å². The topological polar surface area (TPSA) is 67.9 Å². The van der Waals surface area contributed by atoms with Crippen LogP contribution in [-0.2, 0) is 16.0 Å². The van der Waals surface area contributed by atoms with E-state index in [0.29, 0.717) is 13.0 Å². The molecule has 0 amide bonds. The third-order valence-corrected chi connectivity index (χ3v) is 2.52. The van der Waals surface area contributed by atoms with Crippen LogP contribution in [0, 0.1) is 0 Å². The zero-order valence-electron chi connectivity index (χ0n) is 9.77. The van der Waals surface area contributed by atoms with Crippen LogP contribution in [0.1, 0.15) is 25.5 Å². The Morgan fingerprint density at radius 2 is 2.41 bits per heavy atom. The van der Waals surface area contributed by atoms with Gasteiger partial charge in [0.05, 0.1) is 12.3 Å². The van der Waals surface area contributed by atoms with E-state index in [1.807, 2.05) is 19.1 Å². The highest BCUT2D eigenvalue weighted by molar-refractivity contribution is 5.77. The molecule has 1 N–H and O–H groups in total. The molecule has 0 spiro atoms. The monoisotopic (exact) mass is 233 g/mol. The summed E-state index contributed by atoms with van der Waals surface area (Å²) in [5.74, 6) is -0.148. The molecule has 2 heterocycles. The lowest BCUT2D eigenvalue weighted by molar-refractivity contribution is -0.143. The summed E-state index contributed by atoms with van der Waals surface area (Å²) < 4.78 is 4.87. The molecule has 0 bridgehead atoms. The number of hydrogen-bond acceptors (Lipinski definition) is 4. The average Bonchev–Trinajstić information content (AvgIpc) is 2.73. The second-order valence-corrected chi connectivity index (χ2v) is 3.73. The second-order valence-electron chi connectivity index (χ2n) is 3.73. The first kappa shape index (κ1) is 11.6. The summed E-state index contributed by atoms with van der Waals surface area (Å²) in [6, 6.07) is 3.86. The number of nitrogens with zero attached hydrogens (tertiary/aromatic N) is 2. The summed E-state index contributed by atoms with van der Waals surface area (Å²) in [4.78, 5) is 15.3. The van der Waals surface area contributed by atoms with E-state index >= 15 is 0 Å². The molecule has 2 aromatic heterocycles. The van der Waals surface area contributed by atoms with Gasteiger partial charge < -0.3 is 4.74 Å². The van der Waals surface area contributed by atoms with E-state index in [4.69, 9.17) is 4.74 Å². The van der Waals surface area contributed by atoms with Crippen molar-refractivity contribution in [2.75, 3.05) is 6.61 Å². The maximum absolute atomic E-state index is 11.2. The van der Waals surface area contributed by atoms with E-state index in [9.17, 15) is 4.79 Å². The number of aryl methyl sites for hydroxylation is 1. The minimum Gasteiger partial charge on any atom is -0.466 e. The summed E-state index contributed by atoms with van der Waals surface area (Å²) in [5.41, 5.74) is 1.75. The molecule has 0 aromatic carbocycles. The molecule has 2 rings (SSSR count). The van der Waals surface area contributed by atoms with Gasteiger partial charge in [0.2, 0.25) is 0 Å². The first-order valence-corrected chi connectivity index (χ1v) is 5.75. The molecule has 0 unspecified atom stereocenters. The number of carbonyl (C=O) groups is 1. The van der Waals surface area contributed by atoms with E-state index in [2.05, 4.69) is 15.2 Å². The third kappa shape index (κ3) is 2.81. The maximum Gasteiger partial charge on any atom is 0.305 e. The van der Waals surface area contributed by atoms with Gasteiger partial charge in [-0.05, 0) is 31.9 Å². The van der Waals surface area contributed by atoms with E-state index in [0.717, 1.165) is 29.6 Å². The van der Waals surface area contributed by atoms with E-state index < -0.39 is 0 Å². The van der Waals surface area contributed by atoms with Crippen LogP contribution in [-0.4, -0.2) is 27.8 Å². The van der Waals surface area contributed by atoms with Crippen molar-refractivity contribution in [3.05, 3.63) is 24.0 Å². The fourth-order valence-electron chi connectivity index (χ4n) is 1.73. The second kappa shape index (κ2) is 5.43. The van der Waals surface area contributed by atoms with Gasteiger partial charge in [-0.25, -0.2) is 4.98 Å². The molecule has 17 heavy (non-hydrogen) atoms. The molecule has 0 saturated carbocycles. The van der Waals surface area contributed by atoms with E-state index in [1.165, 1.54) is 0 Å². The number of H-pyrrole nitrogens is 1. The number of aromatic nitrogens is 3. The zero-order chi connectivity index (χ0) is 12.1. The SMILES string of the molecule is CCOC(=O)CCCc1n[nH]c2ncccc12. The first-order chi connectivity index (χ1) is 8.31. The molecule has 0 radical (unpaired) electrons. The molecule has 0 atom stereocenters. The minimum absolute atomic E-state index is 0.148. The van der Waals surface area contributed by atoms with Gasteiger partial charge in [0.1, 0.15) is 0 Å². The summed E-state index contributed by atoms with van der Waals surface area (Å²) in [6.45, 7) is 2.25. The third-order valence-electron chi connectivity index (χ3n) is 2.52. The van der Waals surface area contributed by atoms with Gasteiger partial charge in [-0.2, -0.15) is 5.10 Å². The molecule has 0 aliphatic carbocycles. The molecular weight excluding hydrogens is 218 g/mol. The molecular formula is C12H15N3O2. The highest BCUT2D eigenvalue weighted by Gasteiger charge is 2.07. The van der Waals surface area contributed by atoms with Gasteiger partial charge in [0, 0.05) is 18.0 Å². The predicted octanol–water partition coefficient (Wildman–Crippen LogP) is 1.84. The van der Waals surface area contributed by atoms with Crippen LogP contribution in [0.25, 0.3) is 11.0 Å². The van der Waals surface area contributed by atoms with Crippen LogP contribution in [0.4, 0.5) is 0 Å². The molecule has 2 aromatic rings. The van der Waals surface area contributed by atoms with Crippen molar-refractivity contribution in [3.8, 4) is 0 Å². The molecule has 5 heteroatoms. The van der Waals surface area contributed by atoms with Crippen molar-refractivity contribution in [1.29, 1.82) is 0 Å². The van der Waals surface area contributed by atoms with Crippen LogP contribution >= 0.6 is 0 Å². The fraction of sp³-hybridized carbons (Fsp3) is 0.417. The number of nitrogens with one attached hydrogen (secondary N) is 1. The minimum atomic E-state index is -0.148.